The number of Topliss-reactive ketones (excluding diaryl/α,β-unsaturated/α-hetero) is 1. The molecule has 1 aromatic rings. The van der Waals surface area contributed by atoms with E-state index < -0.39 is 4.92 Å². The van der Waals surface area contributed by atoms with Gasteiger partial charge in [-0.15, -0.1) is 0 Å². The van der Waals surface area contributed by atoms with Gasteiger partial charge in [-0.2, -0.15) is 0 Å². The van der Waals surface area contributed by atoms with Crippen LogP contribution in [-0.2, 0) is 0 Å². The lowest BCUT2D eigenvalue weighted by molar-refractivity contribution is -0.384. The maximum Gasteiger partial charge on any atom is 0.270 e. The summed E-state index contributed by atoms with van der Waals surface area (Å²) in [6, 6.07) is 3.89. The minimum Gasteiger partial charge on any atom is -0.294 e. The van der Waals surface area contributed by atoms with Gasteiger partial charge in [0.25, 0.3) is 5.69 Å². The fourth-order valence-electron chi connectivity index (χ4n) is 1.21. The normalized spacial score (nSPS) is 10.0. The van der Waals surface area contributed by atoms with Gasteiger partial charge in [-0.3, -0.25) is 14.9 Å². The molecule has 80 valence electrons. The minimum absolute atomic E-state index is 0.0857. The molecule has 0 amide bonds. The number of halogens is 1. The van der Waals surface area contributed by atoms with Crippen molar-refractivity contribution < 1.29 is 9.72 Å². The monoisotopic (exact) mass is 227 g/mol. The second-order valence-electron chi connectivity index (χ2n) is 3.09. The molecule has 0 unspecified atom stereocenters. The van der Waals surface area contributed by atoms with Crippen molar-refractivity contribution in [1.29, 1.82) is 0 Å². The number of benzene rings is 1. The fourth-order valence-corrected chi connectivity index (χ4v) is 1.49. The lowest BCUT2D eigenvalue weighted by Crippen LogP contribution is -1.99. The first-order chi connectivity index (χ1) is 7.06. The first-order valence-electron chi connectivity index (χ1n) is 4.53. The predicted octanol–water partition coefficient (Wildman–Crippen LogP) is 3.23. The number of hydrogen-bond acceptors (Lipinski definition) is 3. The molecule has 15 heavy (non-hydrogen) atoms. The highest BCUT2D eigenvalue weighted by atomic mass is 35.5. The number of rotatable bonds is 4. The maximum atomic E-state index is 11.5. The molecular formula is C10H10ClNO3. The Morgan fingerprint density at radius 2 is 2.20 bits per heavy atom. The van der Waals surface area contributed by atoms with E-state index in [-0.39, 0.29) is 16.5 Å². The van der Waals surface area contributed by atoms with E-state index in [2.05, 4.69) is 0 Å². The van der Waals surface area contributed by atoms with Crippen molar-refractivity contribution >= 4 is 23.1 Å². The van der Waals surface area contributed by atoms with Crippen LogP contribution in [0, 0.1) is 10.1 Å². The molecule has 4 nitrogen and oxygen atoms in total. The summed E-state index contributed by atoms with van der Waals surface area (Å²) in [4.78, 5) is 21.4. The van der Waals surface area contributed by atoms with Crippen LogP contribution in [0.15, 0.2) is 18.2 Å². The highest BCUT2D eigenvalue weighted by molar-refractivity contribution is 6.34. The molecule has 0 saturated carbocycles. The average Bonchev–Trinajstić information content (AvgIpc) is 2.17. The molecule has 1 aromatic carbocycles. The van der Waals surface area contributed by atoms with Gasteiger partial charge in [-0.25, -0.2) is 0 Å². The van der Waals surface area contributed by atoms with E-state index in [1.807, 2.05) is 6.92 Å². The molecule has 0 aliphatic heterocycles. The van der Waals surface area contributed by atoms with Crippen molar-refractivity contribution in [2.45, 2.75) is 19.8 Å². The van der Waals surface area contributed by atoms with Gasteiger partial charge in [0.2, 0.25) is 0 Å². The van der Waals surface area contributed by atoms with Crippen molar-refractivity contribution in [3.63, 3.8) is 0 Å². The highest BCUT2D eigenvalue weighted by Crippen LogP contribution is 2.23. The van der Waals surface area contributed by atoms with Gasteiger partial charge >= 0.3 is 0 Å². The zero-order valence-corrected chi connectivity index (χ0v) is 8.95. The molecule has 0 heterocycles. The summed E-state index contributed by atoms with van der Waals surface area (Å²) in [5, 5.41) is 10.6. The molecule has 0 aliphatic carbocycles. The van der Waals surface area contributed by atoms with E-state index in [9.17, 15) is 14.9 Å². The van der Waals surface area contributed by atoms with Crippen molar-refractivity contribution in [3.8, 4) is 0 Å². The number of nitro benzene ring substituents is 1. The van der Waals surface area contributed by atoms with Crippen molar-refractivity contribution in [2.24, 2.45) is 0 Å². The van der Waals surface area contributed by atoms with E-state index >= 15 is 0 Å². The zero-order valence-electron chi connectivity index (χ0n) is 8.20. The van der Waals surface area contributed by atoms with Crippen LogP contribution in [0.1, 0.15) is 30.1 Å². The third-order valence-corrected chi connectivity index (χ3v) is 2.25. The van der Waals surface area contributed by atoms with E-state index in [1.54, 1.807) is 0 Å². The lowest BCUT2D eigenvalue weighted by atomic mass is 10.1. The smallest absolute Gasteiger partial charge is 0.270 e. The highest BCUT2D eigenvalue weighted by Gasteiger charge is 2.13. The van der Waals surface area contributed by atoms with Gasteiger partial charge in [0.05, 0.1) is 9.95 Å². The van der Waals surface area contributed by atoms with Crippen LogP contribution in [0.25, 0.3) is 0 Å². The Kier molecular flexibility index (Phi) is 3.80. The van der Waals surface area contributed by atoms with Gasteiger partial charge < -0.3 is 0 Å². The second kappa shape index (κ2) is 4.89. The van der Waals surface area contributed by atoms with Gasteiger partial charge in [0.15, 0.2) is 5.78 Å². The molecule has 0 saturated heterocycles. The van der Waals surface area contributed by atoms with E-state index in [0.29, 0.717) is 12.0 Å². The van der Waals surface area contributed by atoms with E-state index in [0.717, 1.165) is 6.42 Å². The fraction of sp³-hybridized carbons (Fsp3) is 0.300. The van der Waals surface area contributed by atoms with Crippen LogP contribution in [0.3, 0.4) is 0 Å². The van der Waals surface area contributed by atoms with Crippen LogP contribution in [-0.4, -0.2) is 10.7 Å². The average molecular weight is 228 g/mol. The second-order valence-corrected chi connectivity index (χ2v) is 3.50. The molecule has 0 N–H and O–H groups in total. The summed E-state index contributed by atoms with van der Waals surface area (Å²) in [6.07, 6.45) is 1.13. The summed E-state index contributed by atoms with van der Waals surface area (Å²) in [6.45, 7) is 1.89. The number of nitro groups is 1. The molecule has 0 radical (unpaired) electrons. The van der Waals surface area contributed by atoms with E-state index in [1.165, 1.54) is 18.2 Å². The van der Waals surface area contributed by atoms with Crippen molar-refractivity contribution in [3.05, 3.63) is 38.9 Å². The predicted molar refractivity (Wildman–Crippen MR) is 57.3 cm³/mol. The molecule has 0 fully saturated rings. The Morgan fingerprint density at radius 3 is 2.67 bits per heavy atom. The number of non-ortho nitro benzene ring substituents is 1. The van der Waals surface area contributed by atoms with Crippen LogP contribution < -0.4 is 0 Å². The van der Waals surface area contributed by atoms with Crippen molar-refractivity contribution in [1.82, 2.24) is 0 Å². The van der Waals surface area contributed by atoms with Crippen LogP contribution in [0.4, 0.5) is 5.69 Å². The van der Waals surface area contributed by atoms with Crippen LogP contribution in [0.2, 0.25) is 5.02 Å². The molecule has 5 heteroatoms. The van der Waals surface area contributed by atoms with Gasteiger partial charge in [-0.1, -0.05) is 18.5 Å². The maximum absolute atomic E-state index is 11.5. The number of carbonyl (C=O) groups excluding carboxylic acids is 1. The van der Waals surface area contributed by atoms with Crippen molar-refractivity contribution in [2.75, 3.05) is 0 Å². The number of hydrogen-bond donors (Lipinski definition) is 0. The largest absolute Gasteiger partial charge is 0.294 e. The van der Waals surface area contributed by atoms with E-state index in [4.69, 9.17) is 11.6 Å². The number of ketones is 1. The first-order valence-corrected chi connectivity index (χ1v) is 4.91. The summed E-state index contributed by atoms with van der Waals surface area (Å²) < 4.78 is 0. The molecule has 0 aliphatic rings. The topological polar surface area (TPSA) is 60.2 Å². The Balaban J connectivity index is 3.03. The van der Waals surface area contributed by atoms with Gasteiger partial charge in [-0.05, 0) is 12.5 Å². The first kappa shape index (κ1) is 11.7. The SMILES string of the molecule is CCCC(=O)c1ccc([N+](=O)[O-])cc1Cl. The van der Waals surface area contributed by atoms with Crippen LogP contribution in [0.5, 0.6) is 0 Å². The Hall–Kier alpha value is -1.42. The van der Waals surface area contributed by atoms with Crippen LogP contribution >= 0.6 is 11.6 Å². The molecule has 0 aromatic heterocycles. The Labute approximate surface area is 92.0 Å². The molecular weight excluding hydrogens is 218 g/mol. The summed E-state index contributed by atoms with van der Waals surface area (Å²) >= 11 is 5.78. The number of nitrogens with zero attached hydrogens (tertiary/aromatic N) is 1. The summed E-state index contributed by atoms with van der Waals surface area (Å²) in [5.74, 6) is -0.0857. The summed E-state index contributed by atoms with van der Waals surface area (Å²) in [7, 11) is 0. The lowest BCUT2D eigenvalue weighted by Gasteiger charge is -2.01. The molecule has 1 rings (SSSR count). The Morgan fingerprint density at radius 1 is 1.53 bits per heavy atom. The quantitative estimate of drug-likeness (QED) is 0.451. The minimum atomic E-state index is -0.542. The molecule has 0 bridgehead atoms. The van der Waals surface area contributed by atoms with Gasteiger partial charge in [0, 0.05) is 24.1 Å². The molecule has 0 spiro atoms. The zero-order chi connectivity index (χ0) is 11.4. The molecule has 0 atom stereocenters. The Bertz CT molecular complexity index is 404. The third-order valence-electron chi connectivity index (χ3n) is 1.94. The summed E-state index contributed by atoms with van der Waals surface area (Å²) in [5.41, 5.74) is 0.247. The number of carbonyl (C=O) groups is 1. The standard InChI is InChI=1S/C10H10ClNO3/c1-2-3-10(13)8-5-4-7(12(14)15)6-9(8)11/h4-6H,2-3H2,1H3. The third kappa shape index (κ3) is 2.76. The van der Waals surface area contributed by atoms with Gasteiger partial charge in [0.1, 0.15) is 0 Å².